The lowest BCUT2D eigenvalue weighted by atomic mass is 10.1. The highest BCUT2D eigenvalue weighted by Crippen LogP contribution is 2.30. The van der Waals surface area contributed by atoms with E-state index in [1.807, 2.05) is 0 Å². The minimum atomic E-state index is -3.36. The van der Waals surface area contributed by atoms with Crippen molar-refractivity contribution in [1.82, 2.24) is 10.0 Å². The molecular formula is C12H22N2O5S. The zero-order chi connectivity index (χ0) is 14.6. The van der Waals surface area contributed by atoms with Gasteiger partial charge in [-0.15, -0.1) is 0 Å². The van der Waals surface area contributed by atoms with Crippen LogP contribution in [0.25, 0.3) is 0 Å². The first-order valence-electron chi connectivity index (χ1n) is 6.87. The third-order valence-corrected chi connectivity index (χ3v) is 4.05. The summed E-state index contributed by atoms with van der Waals surface area (Å²) in [6.07, 6.45) is 4.16. The lowest BCUT2D eigenvalue weighted by Gasteiger charge is -2.32. The molecule has 2 rings (SSSR count). The molecule has 0 aromatic heterocycles. The zero-order valence-electron chi connectivity index (χ0n) is 11.6. The van der Waals surface area contributed by atoms with E-state index in [2.05, 4.69) is 10.0 Å². The van der Waals surface area contributed by atoms with Crippen LogP contribution in [0.4, 0.5) is 0 Å². The first kappa shape index (κ1) is 15.7. The Morgan fingerprint density at radius 1 is 1.35 bits per heavy atom. The number of sulfonamides is 1. The van der Waals surface area contributed by atoms with Crippen molar-refractivity contribution >= 4 is 15.9 Å². The van der Waals surface area contributed by atoms with Crippen molar-refractivity contribution in [2.75, 3.05) is 32.6 Å². The third-order valence-electron chi connectivity index (χ3n) is 3.38. The maximum atomic E-state index is 11.7. The summed E-state index contributed by atoms with van der Waals surface area (Å²) in [5.74, 6) is 0.298. The van der Waals surface area contributed by atoms with Gasteiger partial charge in [0.2, 0.25) is 15.9 Å². The highest BCUT2D eigenvalue weighted by Gasteiger charge is 2.30. The average molecular weight is 306 g/mol. The molecule has 0 radical (unpaired) electrons. The van der Waals surface area contributed by atoms with Crippen LogP contribution in [0.5, 0.6) is 0 Å². The van der Waals surface area contributed by atoms with Crippen molar-refractivity contribution in [3.8, 4) is 0 Å². The molecule has 1 aliphatic heterocycles. The van der Waals surface area contributed by atoms with Crippen LogP contribution >= 0.6 is 0 Å². The summed E-state index contributed by atoms with van der Waals surface area (Å²) in [5, 5.41) is 2.77. The van der Waals surface area contributed by atoms with E-state index in [0.717, 1.165) is 19.3 Å². The lowest BCUT2D eigenvalue weighted by molar-refractivity contribution is -0.125. The SMILES string of the molecule is CS(=O)(=O)NCC(=O)N[C@@H]1COCC[C@@H]1OCC1CC1. The van der Waals surface area contributed by atoms with Crippen molar-refractivity contribution in [3.63, 3.8) is 0 Å². The molecule has 0 unspecified atom stereocenters. The van der Waals surface area contributed by atoms with Crippen molar-refractivity contribution in [2.24, 2.45) is 5.92 Å². The molecule has 2 fully saturated rings. The van der Waals surface area contributed by atoms with Gasteiger partial charge in [-0.3, -0.25) is 4.79 Å². The molecule has 1 amide bonds. The van der Waals surface area contributed by atoms with Gasteiger partial charge in [0.15, 0.2) is 0 Å². The fraction of sp³-hybridized carbons (Fsp3) is 0.917. The summed E-state index contributed by atoms with van der Waals surface area (Å²) < 4.78 is 35.2. The number of carbonyl (C=O) groups excluding carboxylic acids is 1. The molecule has 1 aliphatic carbocycles. The topological polar surface area (TPSA) is 93.7 Å². The van der Waals surface area contributed by atoms with E-state index in [0.29, 0.717) is 19.1 Å². The van der Waals surface area contributed by atoms with Crippen LogP contribution in [0, 0.1) is 5.92 Å². The van der Waals surface area contributed by atoms with Crippen LogP contribution < -0.4 is 10.0 Å². The second-order valence-corrected chi connectivity index (χ2v) is 7.28. The summed E-state index contributed by atoms with van der Waals surface area (Å²) >= 11 is 0. The molecule has 0 spiro atoms. The van der Waals surface area contributed by atoms with Crippen LogP contribution in [0.3, 0.4) is 0 Å². The minimum Gasteiger partial charge on any atom is -0.379 e. The maximum Gasteiger partial charge on any atom is 0.235 e. The number of amides is 1. The van der Waals surface area contributed by atoms with E-state index in [1.165, 1.54) is 12.8 Å². The fourth-order valence-electron chi connectivity index (χ4n) is 2.05. The van der Waals surface area contributed by atoms with Crippen LogP contribution in [0.1, 0.15) is 19.3 Å². The number of ether oxygens (including phenoxy) is 2. The van der Waals surface area contributed by atoms with Crippen LogP contribution in [0.15, 0.2) is 0 Å². The lowest BCUT2D eigenvalue weighted by Crippen LogP contribution is -2.52. The Bertz CT molecular complexity index is 435. The Hall–Kier alpha value is -0.700. The standard InChI is InChI=1S/C12H22N2O5S/c1-20(16,17)13-6-12(15)14-10-8-18-5-4-11(10)19-7-9-2-3-9/h9-11,13H,2-8H2,1H3,(H,14,15)/t10-,11+/m1/s1. The van der Waals surface area contributed by atoms with Gasteiger partial charge >= 0.3 is 0 Å². The Kier molecular flexibility index (Phi) is 5.36. The Morgan fingerprint density at radius 3 is 2.75 bits per heavy atom. The van der Waals surface area contributed by atoms with Crippen molar-refractivity contribution in [2.45, 2.75) is 31.4 Å². The smallest absolute Gasteiger partial charge is 0.235 e. The van der Waals surface area contributed by atoms with Crippen LogP contribution in [0.2, 0.25) is 0 Å². The summed E-state index contributed by atoms with van der Waals surface area (Å²) in [4.78, 5) is 11.7. The third kappa shape index (κ3) is 5.74. The van der Waals surface area contributed by atoms with Gasteiger partial charge in [-0.05, 0) is 25.2 Å². The van der Waals surface area contributed by atoms with Crippen molar-refractivity contribution < 1.29 is 22.7 Å². The molecule has 20 heavy (non-hydrogen) atoms. The fourth-order valence-corrected chi connectivity index (χ4v) is 2.44. The Balaban J connectivity index is 1.76. The second kappa shape index (κ2) is 6.84. The van der Waals surface area contributed by atoms with E-state index in [1.54, 1.807) is 0 Å². The first-order valence-corrected chi connectivity index (χ1v) is 8.76. The maximum absolute atomic E-state index is 11.7. The van der Waals surface area contributed by atoms with Gasteiger partial charge in [0.1, 0.15) is 0 Å². The molecular weight excluding hydrogens is 284 g/mol. The molecule has 1 saturated heterocycles. The summed E-state index contributed by atoms with van der Waals surface area (Å²) in [5.41, 5.74) is 0. The van der Waals surface area contributed by atoms with Crippen LogP contribution in [-0.4, -0.2) is 59.1 Å². The number of hydrogen-bond donors (Lipinski definition) is 2. The Morgan fingerprint density at radius 2 is 2.10 bits per heavy atom. The highest BCUT2D eigenvalue weighted by molar-refractivity contribution is 7.88. The molecule has 116 valence electrons. The van der Waals surface area contributed by atoms with Gasteiger partial charge in [-0.25, -0.2) is 13.1 Å². The predicted molar refractivity (Wildman–Crippen MR) is 72.7 cm³/mol. The Labute approximate surface area is 119 Å². The minimum absolute atomic E-state index is 0.0495. The molecule has 0 bridgehead atoms. The van der Waals surface area contributed by atoms with Gasteiger partial charge in [-0.2, -0.15) is 0 Å². The molecule has 2 atom stereocenters. The molecule has 2 aliphatic rings. The summed E-state index contributed by atoms with van der Waals surface area (Å²) in [6, 6.07) is -0.212. The van der Waals surface area contributed by atoms with Gasteiger partial charge in [0, 0.05) is 13.2 Å². The van der Waals surface area contributed by atoms with Crippen LogP contribution in [-0.2, 0) is 24.3 Å². The molecule has 2 N–H and O–H groups in total. The second-order valence-electron chi connectivity index (χ2n) is 5.45. The average Bonchev–Trinajstić information content (AvgIpc) is 3.19. The number of nitrogens with one attached hydrogen (secondary N) is 2. The van der Waals surface area contributed by atoms with E-state index in [9.17, 15) is 13.2 Å². The van der Waals surface area contributed by atoms with E-state index >= 15 is 0 Å². The normalized spacial score (nSPS) is 27.2. The van der Waals surface area contributed by atoms with Gasteiger partial charge in [-0.1, -0.05) is 0 Å². The van der Waals surface area contributed by atoms with E-state index in [-0.39, 0.29) is 24.6 Å². The molecule has 8 heteroatoms. The molecule has 1 heterocycles. The molecule has 0 aromatic carbocycles. The molecule has 1 saturated carbocycles. The first-order chi connectivity index (χ1) is 9.44. The largest absolute Gasteiger partial charge is 0.379 e. The van der Waals surface area contributed by atoms with E-state index < -0.39 is 10.0 Å². The number of carbonyl (C=O) groups is 1. The van der Waals surface area contributed by atoms with Crippen molar-refractivity contribution in [3.05, 3.63) is 0 Å². The number of hydrogen-bond acceptors (Lipinski definition) is 5. The number of rotatable bonds is 7. The monoisotopic (exact) mass is 306 g/mol. The summed E-state index contributed by atoms with van der Waals surface area (Å²) in [6.45, 7) is 1.51. The predicted octanol–water partition coefficient (Wildman–Crippen LogP) is -0.764. The van der Waals surface area contributed by atoms with Gasteiger partial charge in [0.05, 0.1) is 31.6 Å². The van der Waals surface area contributed by atoms with Gasteiger partial charge < -0.3 is 14.8 Å². The van der Waals surface area contributed by atoms with E-state index in [4.69, 9.17) is 9.47 Å². The highest BCUT2D eigenvalue weighted by atomic mass is 32.2. The zero-order valence-corrected chi connectivity index (χ0v) is 12.4. The molecule has 7 nitrogen and oxygen atoms in total. The van der Waals surface area contributed by atoms with Gasteiger partial charge in [0.25, 0.3) is 0 Å². The van der Waals surface area contributed by atoms with Crippen molar-refractivity contribution in [1.29, 1.82) is 0 Å². The summed E-state index contributed by atoms with van der Waals surface area (Å²) in [7, 11) is -3.36. The quantitative estimate of drug-likeness (QED) is 0.644. The molecule has 0 aromatic rings.